The SMILES string of the molecule is CC(C)(C)OC(=O)Nc1cccc(OCCNC(=O)C2CC2c2ccccc2)c1. The minimum atomic E-state index is -0.558. The molecule has 0 aliphatic heterocycles. The number of amides is 2. The van der Waals surface area contributed by atoms with E-state index in [1.165, 1.54) is 5.56 Å². The lowest BCUT2D eigenvalue weighted by Crippen LogP contribution is -2.29. The van der Waals surface area contributed by atoms with Crippen LogP contribution in [0.15, 0.2) is 54.6 Å². The van der Waals surface area contributed by atoms with E-state index in [0.717, 1.165) is 6.42 Å². The van der Waals surface area contributed by atoms with E-state index in [1.807, 2.05) is 39.0 Å². The van der Waals surface area contributed by atoms with Crippen molar-refractivity contribution in [3.63, 3.8) is 0 Å². The number of hydrogen-bond donors (Lipinski definition) is 2. The number of nitrogens with one attached hydrogen (secondary N) is 2. The Morgan fingerprint density at radius 2 is 1.83 bits per heavy atom. The third-order valence-corrected chi connectivity index (χ3v) is 4.50. The Kier molecular flexibility index (Phi) is 6.42. The van der Waals surface area contributed by atoms with Crippen molar-refractivity contribution in [2.45, 2.75) is 38.7 Å². The molecule has 2 amide bonds. The second-order valence-corrected chi connectivity index (χ2v) is 8.15. The van der Waals surface area contributed by atoms with Gasteiger partial charge in [0.05, 0.1) is 6.54 Å². The second-order valence-electron chi connectivity index (χ2n) is 8.15. The van der Waals surface area contributed by atoms with Crippen molar-refractivity contribution in [2.75, 3.05) is 18.5 Å². The standard InChI is InChI=1S/C23H28N2O4/c1-23(2,3)29-22(27)25-17-10-7-11-18(14-17)28-13-12-24-21(26)20-15-19(20)16-8-5-4-6-9-16/h4-11,14,19-20H,12-13,15H2,1-3H3,(H,24,26)(H,25,27). The summed E-state index contributed by atoms with van der Waals surface area (Å²) >= 11 is 0. The maximum atomic E-state index is 12.3. The molecule has 29 heavy (non-hydrogen) atoms. The number of rotatable bonds is 7. The number of carbonyl (C=O) groups excluding carboxylic acids is 2. The predicted molar refractivity (Wildman–Crippen MR) is 112 cm³/mol. The minimum Gasteiger partial charge on any atom is -0.492 e. The number of benzene rings is 2. The summed E-state index contributed by atoms with van der Waals surface area (Å²) in [6, 6.07) is 17.2. The van der Waals surface area contributed by atoms with Crippen molar-refractivity contribution in [1.82, 2.24) is 5.32 Å². The summed E-state index contributed by atoms with van der Waals surface area (Å²) in [6.45, 7) is 6.21. The highest BCUT2D eigenvalue weighted by Crippen LogP contribution is 2.47. The Labute approximate surface area is 171 Å². The minimum absolute atomic E-state index is 0.0544. The Morgan fingerprint density at radius 3 is 2.55 bits per heavy atom. The molecule has 2 N–H and O–H groups in total. The van der Waals surface area contributed by atoms with Crippen molar-refractivity contribution in [3.8, 4) is 5.75 Å². The molecule has 1 aliphatic carbocycles. The molecule has 2 unspecified atom stereocenters. The molecule has 0 saturated heterocycles. The van der Waals surface area contributed by atoms with Gasteiger partial charge in [-0.3, -0.25) is 10.1 Å². The zero-order chi connectivity index (χ0) is 20.9. The van der Waals surface area contributed by atoms with Crippen LogP contribution in [0.4, 0.5) is 10.5 Å². The van der Waals surface area contributed by atoms with E-state index in [9.17, 15) is 9.59 Å². The molecule has 1 fully saturated rings. The highest BCUT2D eigenvalue weighted by atomic mass is 16.6. The fourth-order valence-electron chi connectivity index (χ4n) is 3.11. The summed E-state index contributed by atoms with van der Waals surface area (Å²) < 4.78 is 10.9. The average Bonchev–Trinajstić information content (AvgIpc) is 3.45. The number of ether oxygens (including phenoxy) is 2. The maximum Gasteiger partial charge on any atom is 0.412 e. The molecular weight excluding hydrogens is 368 g/mol. The zero-order valence-corrected chi connectivity index (χ0v) is 17.1. The molecule has 3 rings (SSSR count). The normalized spacial score (nSPS) is 17.9. The monoisotopic (exact) mass is 396 g/mol. The molecule has 0 spiro atoms. The van der Waals surface area contributed by atoms with Crippen LogP contribution in [0.5, 0.6) is 5.75 Å². The number of anilines is 1. The van der Waals surface area contributed by atoms with Gasteiger partial charge in [-0.1, -0.05) is 36.4 Å². The van der Waals surface area contributed by atoms with E-state index in [1.54, 1.807) is 24.3 Å². The average molecular weight is 396 g/mol. The van der Waals surface area contributed by atoms with Crippen LogP contribution in [0.25, 0.3) is 0 Å². The van der Waals surface area contributed by atoms with Crippen LogP contribution in [0.1, 0.15) is 38.7 Å². The summed E-state index contributed by atoms with van der Waals surface area (Å²) in [5.41, 5.74) is 1.25. The van der Waals surface area contributed by atoms with Crippen LogP contribution in [0.3, 0.4) is 0 Å². The molecule has 0 radical (unpaired) electrons. The molecule has 154 valence electrons. The van der Waals surface area contributed by atoms with Crippen LogP contribution >= 0.6 is 0 Å². The smallest absolute Gasteiger partial charge is 0.412 e. The van der Waals surface area contributed by atoms with Crippen LogP contribution in [0, 0.1) is 5.92 Å². The van der Waals surface area contributed by atoms with E-state index < -0.39 is 11.7 Å². The van der Waals surface area contributed by atoms with Crippen LogP contribution < -0.4 is 15.4 Å². The van der Waals surface area contributed by atoms with Crippen molar-refractivity contribution < 1.29 is 19.1 Å². The molecule has 2 atom stereocenters. The van der Waals surface area contributed by atoms with Crippen molar-refractivity contribution in [3.05, 3.63) is 60.2 Å². The summed E-state index contributed by atoms with van der Waals surface area (Å²) in [6.07, 6.45) is 0.383. The topological polar surface area (TPSA) is 76.7 Å². The largest absolute Gasteiger partial charge is 0.492 e. The van der Waals surface area contributed by atoms with Gasteiger partial charge in [-0.2, -0.15) is 0 Å². The first-order valence-electron chi connectivity index (χ1n) is 9.87. The van der Waals surface area contributed by atoms with Gasteiger partial charge in [-0.25, -0.2) is 4.79 Å². The lowest BCUT2D eigenvalue weighted by molar-refractivity contribution is -0.122. The second kappa shape index (κ2) is 8.99. The van der Waals surface area contributed by atoms with Crippen LogP contribution in [0.2, 0.25) is 0 Å². The Bertz CT molecular complexity index is 845. The van der Waals surface area contributed by atoms with E-state index >= 15 is 0 Å². The van der Waals surface area contributed by atoms with Gasteiger partial charge in [0.15, 0.2) is 0 Å². The molecular formula is C23H28N2O4. The number of hydrogen-bond acceptors (Lipinski definition) is 4. The Balaban J connectivity index is 1.39. The van der Waals surface area contributed by atoms with Gasteiger partial charge in [-0.05, 0) is 50.8 Å². The molecule has 0 aromatic heterocycles. The van der Waals surface area contributed by atoms with Gasteiger partial charge in [-0.15, -0.1) is 0 Å². The van der Waals surface area contributed by atoms with Gasteiger partial charge >= 0.3 is 6.09 Å². The van der Waals surface area contributed by atoms with E-state index in [4.69, 9.17) is 9.47 Å². The highest BCUT2D eigenvalue weighted by Gasteiger charge is 2.43. The lowest BCUT2D eigenvalue weighted by atomic mass is 10.1. The lowest BCUT2D eigenvalue weighted by Gasteiger charge is -2.19. The van der Waals surface area contributed by atoms with E-state index in [0.29, 0.717) is 30.5 Å². The summed E-state index contributed by atoms with van der Waals surface area (Å²) in [4.78, 5) is 24.1. The molecule has 1 saturated carbocycles. The molecule has 1 aliphatic rings. The zero-order valence-electron chi connectivity index (χ0n) is 17.1. The van der Waals surface area contributed by atoms with Gasteiger partial charge in [0.2, 0.25) is 5.91 Å². The number of carbonyl (C=O) groups is 2. The van der Waals surface area contributed by atoms with Gasteiger partial charge in [0, 0.05) is 17.7 Å². The van der Waals surface area contributed by atoms with Crippen LogP contribution in [-0.2, 0) is 9.53 Å². The first-order valence-corrected chi connectivity index (χ1v) is 9.87. The van der Waals surface area contributed by atoms with E-state index in [2.05, 4.69) is 22.8 Å². The third-order valence-electron chi connectivity index (χ3n) is 4.50. The highest BCUT2D eigenvalue weighted by molar-refractivity contribution is 5.85. The first-order chi connectivity index (χ1) is 13.8. The third kappa shape index (κ3) is 6.52. The Morgan fingerprint density at radius 1 is 1.07 bits per heavy atom. The Hall–Kier alpha value is -3.02. The molecule has 2 aromatic rings. The van der Waals surface area contributed by atoms with Gasteiger partial charge in [0.25, 0.3) is 0 Å². The fraction of sp³-hybridized carbons (Fsp3) is 0.391. The molecule has 6 heteroatoms. The molecule has 0 bridgehead atoms. The van der Waals surface area contributed by atoms with Crippen LogP contribution in [-0.4, -0.2) is 30.8 Å². The summed E-state index contributed by atoms with van der Waals surface area (Å²) in [7, 11) is 0. The molecule has 2 aromatic carbocycles. The molecule has 6 nitrogen and oxygen atoms in total. The van der Waals surface area contributed by atoms with E-state index in [-0.39, 0.29) is 11.8 Å². The van der Waals surface area contributed by atoms with Crippen molar-refractivity contribution in [1.29, 1.82) is 0 Å². The fourth-order valence-corrected chi connectivity index (χ4v) is 3.11. The van der Waals surface area contributed by atoms with Gasteiger partial charge in [0.1, 0.15) is 18.0 Å². The molecule has 0 heterocycles. The first kappa shape index (κ1) is 20.7. The summed E-state index contributed by atoms with van der Waals surface area (Å²) in [5.74, 6) is 1.07. The van der Waals surface area contributed by atoms with Crippen molar-refractivity contribution >= 4 is 17.7 Å². The van der Waals surface area contributed by atoms with Gasteiger partial charge < -0.3 is 14.8 Å². The maximum absolute atomic E-state index is 12.3. The predicted octanol–water partition coefficient (Wildman–Crippen LogP) is 4.33. The van der Waals surface area contributed by atoms with Crippen molar-refractivity contribution in [2.24, 2.45) is 5.92 Å². The summed E-state index contributed by atoms with van der Waals surface area (Å²) in [5, 5.41) is 5.61. The quantitative estimate of drug-likeness (QED) is 0.683.